The second-order valence-electron chi connectivity index (χ2n) is 6.24. The summed E-state index contributed by atoms with van der Waals surface area (Å²) in [5.41, 5.74) is 0.248. The van der Waals surface area contributed by atoms with Gasteiger partial charge in [0, 0.05) is 6.07 Å². The van der Waals surface area contributed by atoms with E-state index in [1.807, 2.05) is 27.7 Å². The molecule has 1 fully saturated rings. The molecule has 1 heterocycles. The summed E-state index contributed by atoms with van der Waals surface area (Å²) < 4.78 is 17.0. The Morgan fingerprint density at radius 3 is 2.14 bits per heavy atom. The molecule has 114 valence electrons. The Bertz CT molecular complexity index is 569. The summed E-state index contributed by atoms with van der Waals surface area (Å²) in [4.78, 5) is 10.7. The SMILES string of the molecule is COc1c(C)cc(B2OC(C)(C)C(C)(C)O2)cc1[N+](=O)[O-]. The zero-order chi connectivity index (χ0) is 16.0. The Kier molecular flexibility index (Phi) is 3.76. The largest absolute Gasteiger partial charge is 0.495 e. The van der Waals surface area contributed by atoms with Crippen LogP contribution in [0.15, 0.2) is 12.1 Å². The lowest BCUT2D eigenvalue weighted by molar-refractivity contribution is -0.385. The highest BCUT2D eigenvalue weighted by atomic mass is 16.7. The molecule has 0 bridgehead atoms. The highest BCUT2D eigenvalue weighted by Gasteiger charge is 2.52. The lowest BCUT2D eigenvalue weighted by atomic mass is 9.78. The van der Waals surface area contributed by atoms with Crippen LogP contribution in [0.3, 0.4) is 0 Å². The molecule has 0 amide bonds. The molecule has 6 nitrogen and oxygen atoms in total. The third kappa shape index (κ3) is 2.63. The minimum absolute atomic E-state index is 0.0813. The molecule has 1 aliphatic heterocycles. The summed E-state index contributed by atoms with van der Waals surface area (Å²) in [6.07, 6.45) is 0. The van der Waals surface area contributed by atoms with E-state index >= 15 is 0 Å². The maximum absolute atomic E-state index is 11.2. The zero-order valence-electron chi connectivity index (χ0n) is 13.2. The summed E-state index contributed by atoms with van der Waals surface area (Å²) in [5, 5.41) is 11.2. The van der Waals surface area contributed by atoms with E-state index in [-0.39, 0.29) is 11.4 Å². The van der Waals surface area contributed by atoms with Crippen LogP contribution >= 0.6 is 0 Å². The molecule has 1 saturated heterocycles. The fourth-order valence-corrected chi connectivity index (χ4v) is 2.30. The number of hydrogen-bond acceptors (Lipinski definition) is 5. The van der Waals surface area contributed by atoms with Gasteiger partial charge < -0.3 is 14.0 Å². The maximum atomic E-state index is 11.2. The van der Waals surface area contributed by atoms with Gasteiger partial charge in [0.15, 0.2) is 5.75 Å². The van der Waals surface area contributed by atoms with E-state index in [9.17, 15) is 10.1 Å². The molecule has 7 heteroatoms. The minimum atomic E-state index is -0.627. The topological polar surface area (TPSA) is 70.8 Å². The first-order chi connectivity index (χ1) is 9.59. The minimum Gasteiger partial charge on any atom is -0.490 e. The van der Waals surface area contributed by atoms with E-state index in [4.69, 9.17) is 14.0 Å². The molecule has 21 heavy (non-hydrogen) atoms. The van der Waals surface area contributed by atoms with E-state index in [0.717, 1.165) is 0 Å². The first kappa shape index (κ1) is 15.8. The lowest BCUT2D eigenvalue weighted by Crippen LogP contribution is -2.41. The van der Waals surface area contributed by atoms with Gasteiger partial charge in [0.1, 0.15) is 0 Å². The van der Waals surface area contributed by atoms with Crippen molar-refractivity contribution >= 4 is 18.3 Å². The molecule has 0 spiro atoms. The Labute approximate surface area is 124 Å². The summed E-state index contributed by atoms with van der Waals surface area (Å²) in [5.74, 6) is 0.264. The van der Waals surface area contributed by atoms with E-state index in [0.29, 0.717) is 11.0 Å². The van der Waals surface area contributed by atoms with E-state index < -0.39 is 23.2 Å². The fraction of sp³-hybridized carbons (Fsp3) is 0.571. The number of nitro benzene ring substituents is 1. The van der Waals surface area contributed by atoms with Gasteiger partial charge in [0.25, 0.3) is 0 Å². The van der Waals surface area contributed by atoms with Crippen molar-refractivity contribution in [2.45, 2.75) is 45.8 Å². The molecule has 0 aliphatic carbocycles. The van der Waals surface area contributed by atoms with Gasteiger partial charge in [-0.25, -0.2) is 0 Å². The summed E-state index contributed by atoms with van der Waals surface area (Å²) >= 11 is 0. The predicted molar refractivity (Wildman–Crippen MR) is 80.1 cm³/mol. The number of hydrogen-bond donors (Lipinski definition) is 0. The van der Waals surface area contributed by atoms with Crippen LogP contribution in [0.4, 0.5) is 5.69 Å². The Morgan fingerprint density at radius 2 is 1.71 bits per heavy atom. The van der Waals surface area contributed by atoms with Gasteiger partial charge in [-0.3, -0.25) is 10.1 Å². The molecule has 2 rings (SSSR count). The number of ether oxygens (including phenoxy) is 1. The highest BCUT2D eigenvalue weighted by molar-refractivity contribution is 6.62. The van der Waals surface area contributed by atoms with Crippen molar-refractivity contribution in [3.63, 3.8) is 0 Å². The first-order valence-electron chi connectivity index (χ1n) is 6.77. The number of benzene rings is 1. The van der Waals surface area contributed by atoms with Crippen molar-refractivity contribution in [2.75, 3.05) is 7.11 Å². The number of nitro groups is 1. The first-order valence-corrected chi connectivity index (χ1v) is 6.77. The second kappa shape index (κ2) is 5.00. The van der Waals surface area contributed by atoms with Crippen molar-refractivity contribution in [3.8, 4) is 5.75 Å². The molecule has 1 aliphatic rings. The van der Waals surface area contributed by atoms with Gasteiger partial charge in [-0.15, -0.1) is 0 Å². The summed E-state index contributed by atoms with van der Waals surface area (Å²) in [6, 6.07) is 3.25. The van der Waals surface area contributed by atoms with Crippen LogP contribution in [0.25, 0.3) is 0 Å². The van der Waals surface area contributed by atoms with Gasteiger partial charge in [-0.1, -0.05) is 6.07 Å². The van der Waals surface area contributed by atoms with E-state index in [1.54, 1.807) is 13.0 Å². The fourth-order valence-electron chi connectivity index (χ4n) is 2.30. The van der Waals surface area contributed by atoms with Crippen LogP contribution in [-0.4, -0.2) is 30.4 Å². The molecular weight excluding hydrogens is 273 g/mol. The van der Waals surface area contributed by atoms with Crippen molar-refractivity contribution in [2.24, 2.45) is 0 Å². The smallest absolute Gasteiger partial charge is 0.490 e. The standard InChI is InChI=1S/C14H20BNO5/c1-9-7-10(8-11(16(17)18)12(9)19-6)15-20-13(2,3)14(4,5)21-15/h7-8H,1-6H3. The lowest BCUT2D eigenvalue weighted by Gasteiger charge is -2.32. The van der Waals surface area contributed by atoms with Crippen LogP contribution in [0.2, 0.25) is 0 Å². The zero-order valence-corrected chi connectivity index (χ0v) is 13.2. The van der Waals surface area contributed by atoms with Crippen LogP contribution in [0.5, 0.6) is 5.75 Å². The second-order valence-corrected chi connectivity index (χ2v) is 6.24. The molecule has 0 saturated carbocycles. The van der Waals surface area contributed by atoms with Crippen molar-refractivity contribution in [3.05, 3.63) is 27.8 Å². The average molecular weight is 293 g/mol. The van der Waals surface area contributed by atoms with Crippen LogP contribution < -0.4 is 10.2 Å². The Hall–Kier alpha value is -1.60. The molecule has 0 unspecified atom stereocenters. The quantitative estimate of drug-likeness (QED) is 0.485. The summed E-state index contributed by atoms with van der Waals surface area (Å²) in [7, 11) is 0.794. The van der Waals surface area contributed by atoms with Crippen molar-refractivity contribution in [1.82, 2.24) is 0 Å². The van der Waals surface area contributed by atoms with Gasteiger partial charge in [-0.05, 0) is 45.6 Å². The van der Waals surface area contributed by atoms with Gasteiger partial charge >= 0.3 is 12.8 Å². The van der Waals surface area contributed by atoms with Crippen LogP contribution in [0, 0.1) is 17.0 Å². The van der Waals surface area contributed by atoms with Gasteiger partial charge in [0.05, 0.1) is 23.2 Å². The average Bonchev–Trinajstić information content (AvgIpc) is 2.57. The number of rotatable bonds is 3. The van der Waals surface area contributed by atoms with Crippen molar-refractivity contribution < 1.29 is 19.0 Å². The normalized spacial score (nSPS) is 19.6. The molecule has 0 atom stereocenters. The number of methoxy groups -OCH3 is 1. The monoisotopic (exact) mass is 293 g/mol. The predicted octanol–water partition coefficient (Wildman–Crippen LogP) is 2.21. The van der Waals surface area contributed by atoms with E-state index in [1.165, 1.54) is 13.2 Å². The third-order valence-electron chi connectivity index (χ3n) is 4.20. The van der Waals surface area contributed by atoms with Crippen LogP contribution in [-0.2, 0) is 9.31 Å². The maximum Gasteiger partial charge on any atom is 0.495 e. The number of aryl methyl sites for hydroxylation is 1. The third-order valence-corrected chi connectivity index (χ3v) is 4.20. The molecule has 0 radical (unpaired) electrons. The summed E-state index contributed by atoms with van der Waals surface area (Å²) in [6.45, 7) is 9.53. The molecule has 0 aromatic heterocycles. The van der Waals surface area contributed by atoms with Crippen molar-refractivity contribution in [1.29, 1.82) is 0 Å². The Balaban J connectivity index is 2.45. The molecule has 1 aromatic carbocycles. The van der Waals surface area contributed by atoms with E-state index in [2.05, 4.69) is 0 Å². The van der Waals surface area contributed by atoms with Crippen LogP contribution in [0.1, 0.15) is 33.3 Å². The highest BCUT2D eigenvalue weighted by Crippen LogP contribution is 2.37. The molecule has 1 aromatic rings. The van der Waals surface area contributed by atoms with Gasteiger partial charge in [0.2, 0.25) is 0 Å². The van der Waals surface area contributed by atoms with Gasteiger partial charge in [-0.2, -0.15) is 0 Å². The number of nitrogens with zero attached hydrogens (tertiary/aromatic N) is 1. The molecule has 0 N–H and O–H groups in total. The Morgan fingerprint density at radius 1 is 1.19 bits per heavy atom. The molecular formula is C14H20BNO5.